The van der Waals surface area contributed by atoms with E-state index in [1.54, 1.807) is 30.3 Å². The standard InChI is InChI=1S/C48H29F6N5/c49-47(50,51)35-23-34(24-36(26-35)48(52,53)54)38-22-20-37(27-41(38)46-57-44(31-9-3-1-4-10-31)56-45(58-46)32-11-5-2-6-12-32)59-42-14-8-7-13-39(42)40-21-19-33(25-43(40)59)30-17-15-29(28-55)16-18-30/h1-23,25-27H,24H2,(H,56,57,58). The van der Waals surface area contributed by atoms with Crippen LogP contribution in [-0.2, 0) is 0 Å². The van der Waals surface area contributed by atoms with Crippen LogP contribution < -0.4 is 15.8 Å². The number of aromatic nitrogens is 1. The number of rotatable bonds is 4. The van der Waals surface area contributed by atoms with Gasteiger partial charge in [0.2, 0.25) is 0 Å². The summed E-state index contributed by atoms with van der Waals surface area (Å²) in [5.74, 6) is 0.881. The van der Waals surface area contributed by atoms with E-state index in [9.17, 15) is 31.6 Å². The molecule has 0 saturated heterocycles. The maximum atomic E-state index is 14.3. The van der Waals surface area contributed by atoms with Crippen molar-refractivity contribution in [1.29, 1.82) is 5.26 Å². The molecule has 2 aliphatic rings. The summed E-state index contributed by atoms with van der Waals surface area (Å²) in [6.07, 6.45) is -9.87. The minimum absolute atomic E-state index is 0.136. The SMILES string of the molecule is N#Cc1ccc(-c2ccc3c4ccccc4n(-c4ccc(=C5C=C(C(F)(F)F)C=C(C(F)(F)F)C5)c(=C5N=C(c6ccccc6)N=C(c6ccccc6)N5)c4)c3c2)cc1. The van der Waals surface area contributed by atoms with Crippen LogP contribution in [0.25, 0.3) is 50.0 Å². The highest BCUT2D eigenvalue weighted by molar-refractivity contribution is 6.16. The Morgan fingerprint density at radius 2 is 1.24 bits per heavy atom. The lowest BCUT2D eigenvalue weighted by molar-refractivity contribution is -0.0970. The Bertz CT molecular complexity index is 3110. The minimum Gasteiger partial charge on any atom is -0.324 e. The summed E-state index contributed by atoms with van der Waals surface area (Å²) < 4.78 is 87.9. The number of alkyl halides is 6. The van der Waals surface area contributed by atoms with Crippen LogP contribution in [0.5, 0.6) is 0 Å². The minimum atomic E-state index is -5.04. The summed E-state index contributed by atoms with van der Waals surface area (Å²) in [5.41, 5.74) is 2.96. The van der Waals surface area contributed by atoms with Crippen molar-refractivity contribution in [2.24, 2.45) is 9.98 Å². The van der Waals surface area contributed by atoms with Gasteiger partial charge in [0.15, 0.2) is 5.84 Å². The quantitative estimate of drug-likeness (QED) is 0.181. The van der Waals surface area contributed by atoms with Crippen molar-refractivity contribution < 1.29 is 26.3 Å². The summed E-state index contributed by atoms with van der Waals surface area (Å²) in [5, 5.41) is 14.9. The van der Waals surface area contributed by atoms with Gasteiger partial charge in [0.1, 0.15) is 11.7 Å². The molecule has 59 heavy (non-hydrogen) atoms. The highest BCUT2D eigenvalue weighted by Gasteiger charge is 2.41. The topological polar surface area (TPSA) is 65.5 Å². The number of benzene rings is 6. The van der Waals surface area contributed by atoms with E-state index in [1.165, 1.54) is 0 Å². The highest BCUT2D eigenvalue weighted by atomic mass is 19.4. The zero-order valence-electron chi connectivity index (χ0n) is 30.8. The molecule has 11 heteroatoms. The van der Waals surface area contributed by atoms with Gasteiger partial charge < -0.3 is 9.88 Å². The van der Waals surface area contributed by atoms with Crippen LogP contribution >= 0.6 is 0 Å². The predicted octanol–water partition coefficient (Wildman–Crippen LogP) is 10.4. The maximum absolute atomic E-state index is 14.3. The lowest BCUT2D eigenvalue weighted by atomic mass is 9.92. The number of allylic oxidation sites excluding steroid dienone is 4. The number of hydrogen-bond donors (Lipinski definition) is 1. The Balaban J connectivity index is 1.37. The summed E-state index contributed by atoms with van der Waals surface area (Å²) in [7, 11) is 0. The molecular weight excluding hydrogens is 761 g/mol. The van der Waals surface area contributed by atoms with Crippen molar-refractivity contribution >= 4 is 44.9 Å². The van der Waals surface area contributed by atoms with Crippen molar-refractivity contribution in [2.75, 3.05) is 0 Å². The summed E-state index contributed by atoms with van der Waals surface area (Å²) in [6, 6.07) is 46.5. The molecule has 2 heterocycles. The second-order valence-corrected chi connectivity index (χ2v) is 14.1. The van der Waals surface area contributed by atoms with E-state index in [0.717, 1.165) is 39.0 Å². The Morgan fingerprint density at radius 1 is 0.576 bits per heavy atom. The first-order valence-electron chi connectivity index (χ1n) is 18.5. The third-order valence-electron chi connectivity index (χ3n) is 10.4. The van der Waals surface area contributed by atoms with Gasteiger partial charge in [-0.05, 0) is 70.5 Å². The number of fused-ring (bicyclic) bond motifs is 3. The second kappa shape index (κ2) is 14.5. The van der Waals surface area contributed by atoms with Crippen LogP contribution in [0.2, 0.25) is 0 Å². The fourth-order valence-corrected chi connectivity index (χ4v) is 7.54. The number of nitrogens with zero attached hydrogens (tertiary/aromatic N) is 4. The monoisotopic (exact) mass is 789 g/mol. The fourth-order valence-electron chi connectivity index (χ4n) is 7.54. The number of nitrogens with one attached hydrogen (secondary N) is 1. The number of nitriles is 1. The van der Waals surface area contributed by atoms with Gasteiger partial charge in [0, 0.05) is 44.8 Å². The van der Waals surface area contributed by atoms with Crippen LogP contribution in [0.15, 0.2) is 179 Å². The molecular formula is C48H29F6N5. The lowest BCUT2D eigenvalue weighted by Crippen LogP contribution is -2.38. The van der Waals surface area contributed by atoms with Crippen molar-refractivity contribution in [2.45, 2.75) is 18.8 Å². The van der Waals surface area contributed by atoms with Crippen LogP contribution in [0.1, 0.15) is 23.1 Å². The van der Waals surface area contributed by atoms with Gasteiger partial charge in [0.05, 0.1) is 28.2 Å². The maximum Gasteiger partial charge on any atom is 0.416 e. The van der Waals surface area contributed by atoms with Gasteiger partial charge in [-0.15, -0.1) is 0 Å². The fraction of sp³-hybridized carbons (Fsp3) is 0.0625. The van der Waals surface area contributed by atoms with E-state index < -0.39 is 29.9 Å². The molecule has 0 atom stereocenters. The Labute approximate surface area is 333 Å². The van der Waals surface area contributed by atoms with E-state index in [4.69, 9.17) is 9.98 Å². The summed E-state index contributed by atoms with van der Waals surface area (Å²) >= 11 is 0. The van der Waals surface area contributed by atoms with Crippen molar-refractivity contribution in [1.82, 2.24) is 9.88 Å². The molecule has 1 aromatic heterocycles. The van der Waals surface area contributed by atoms with Crippen molar-refractivity contribution in [3.8, 4) is 22.9 Å². The van der Waals surface area contributed by atoms with Crippen LogP contribution in [0.4, 0.5) is 26.3 Å². The number of para-hydroxylation sites is 1. The molecule has 0 bridgehead atoms. The zero-order chi connectivity index (χ0) is 40.9. The molecule has 1 aliphatic heterocycles. The largest absolute Gasteiger partial charge is 0.416 e. The molecule has 5 nitrogen and oxygen atoms in total. The van der Waals surface area contributed by atoms with Crippen LogP contribution in [0, 0.1) is 11.3 Å². The number of hydrogen-bond acceptors (Lipinski definition) is 4. The van der Waals surface area contributed by atoms with Gasteiger partial charge in [-0.25, -0.2) is 9.98 Å². The molecule has 1 aliphatic carbocycles. The molecule has 288 valence electrons. The second-order valence-electron chi connectivity index (χ2n) is 14.1. The third kappa shape index (κ3) is 7.10. The van der Waals surface area contributed by atoms with E-state index in [2.05, 4.69) is 11.4 Å². The first-order valence-corrected chi connectivity index (χ1v) is 18.5. The van der Waals surface area contributed by atoms with Gasteiger partial charge in [-0.1, -0.05) is 109 Å². The number of aliphatic imine (C=N–C) groups is 2. The van der Waals surface area contributed by atoms with E-state index in [1.807, 2.05) is 120 Å². The van der Waals surface area contributed by atoms with Crippen LogP contribution in [-0.4, -0.2) is 28.6 Å². The first-order chi connectivity index (χ1) is 28.4. The van der Waals surface area contributed by atoms with Crippen molar-refractivity contribution in [3.05, 3.63) is 196 Å². The lowest BCUT2D eigenvalue weighted by Gasteiger charge is -2.21. The average Bonchev–Trinajstić information content (AvgIpc) is 3.59. The van der Waals surface area contributed by atoms with E-state index in [0.29, 0.717) is 34.0 Å². The van der Waals surface area contributed by atoms with Gasteiger partial charge in [0.25, 0.3) is 0 Å². The van der Waals surface area contributed by atoms with Gasteiger partial charge in [-0.3, -0.25) is 0 Å². The molecule has 1 N–H and O–H groups in total. The average molecular weight is 790 g/mol. The molecule has 0 radical (unpaired) electrons. The molecule has 0 unspecified atom stereocenters. The molecule has 6 aromatic carbocycles. The van der Waals surface area contributed by atoms with Crippen molar-refractivity contribution in [3.63, 3.8) is 0 Å². The Morgan fingerprint density at radius 3 is 1.93 bits per heavy atom. The van der Waals surface area contributed by atoms with Gasteiger partial charge in [-0.2, -0.15) is 31.6 Å². The Hall–Kier alpha value is -7.45. The zero-order valence-corrected chi connectivity index (χ0v) is 30.8. The number of amidine groups is 2. The molecule has 0 amide bonds. The molecule has 0 fully saturated rings. The number of halogens is 6. The molecule has 7 aromatic rings. The predicted molar refractivity (Wildman–Crippen MR) is 219 cm³/mol. The van der Waals surface area contributed by atoms with E-state index >= 15 is 0 Å². The van der Waals surface area contributed by atoms with Gasteiger partial charge >= 0.3 is 12.4 Å². The highest BCUT2D eigenvalue weighted by Crippen LogP contribution is 2.40. The normalized spacial score (nSPS) is 16.5. The Kier molecular flexibility index (Phi) is 9.12. The van der Waals surface area contributed by atoms with Crippen LogP contribution in [0.3, 0.4) is 0 Å². The molecule has 0 spiro atoms. The first kappa shape index (κ1) is 37.1. The molecule has 0 saturated carbocycles. The molecule has 9 rings (SSSR count). The summed E-state index contributed by atoms with van der Waals surface area (Å²) in [6.45, 7) is 0. The summed E-state index contributed by atoms with van der Waals surface area (Å²) in [4.78, 5) is 9.73. The van der Waals surface area contributed by atoms with E-state index in [-0.39, 0.29) is 27.9 Å². The smallest absolute Gasteiger partial charge is 0.324 e. The third-order valence-corrected chi connectivity index (χ3v) is 10.4.